The zero-order chi connectivity index (χ0) is 24.9. The number of nitro benzene ring substituents is 1. The highest BCUT2D eigenvalue weighted by molar-refractivity contribution is 8.00. The van der Waals surface area contributed by atoms with Crippen molar-refractivity contribution in [2.45, 2.75) is 30.4 Å². The molecule has 2 N–H and O–H groups in total. The van der Waals surface area contributed by atoms with Crippen molar-refractivity contribution in [3.63, 3.8) is 0 Å². The van der Waals surface area contributed by atoms with Crippen molar-refractivity contribution < 1.29 is 14.5 Å². The number of amides is 2. The van der Waals surface area contributed by atoms with Gasteiger partial charge in [-0.15, -0.1) is 11.8 Å². The van der Waals surface area contributed by atoms with E-state index in [1.54, 1.807) is 18.2 Å². The van der Waals surface area contributed by atoms with E-state index in [0.29, 0.717) is 22.8 Å². The molecule has 0 saturated carbocycles. The maximum atomic E-state index is 12.9. The molecule has 8 nitrogen and oxygen atoms in total. The lowest BCUT2D eigenvalue weighted by Crippen LogP contribution is -2.24. The van der Waals surface area contributed by atoms with Crippen LogP contribution in [-0.4, -0.2) is 27.0 Å². The van der Waals surface area contributed by atoms with Gasteiger partial charge in [0.05, 0.1) is 20.4 Å². The van der Waals surface area contributed by atoms with Gasteiger partial charge in [0, 0.05) is 28.3 Å². The topological polar surface area (TPSA) is 114 Å². The average molecular weight is 507 g/mol. The molecule has 1 atom stereocenters. The average Bonchev–Trinajstić information content (AvgIpc) is 3.23. The Bertz CT molecular complexity index is 1400. The molecule has 178 valence electrons. The van der Waals surface area contributed by atoms with Gasteiger partial charge in [-0.05, 0) is 61.4 Å². The summed E-state index contributed by atoms with van der Waals surface area (Å²) in [6.07, 6.45) is 0.611. The number of hydrogen-bond donors (Lipinski definition) is 2. The van der Waals surface area contributed by atoms with Crippen molar-refractivity contribution in [2.24, 2.45) is 0 Å². The van der Waals surface area contributed by atoms with Crippen LogP contribution in [0.3, 0.4) is 0 Å². The highest BCUT2D eigenvalue weighted by atomic mass is 32.2. The van der Waals surface area contributed by atoms with Gasteiger partial charge in [-0.25, -0.2) is 4.98 Å². The minimum Gasteiger partial charge on any atom is -0.322 e. The molecule has 0 bridgehead atoms. The number of hydrogen-bond acceptors (Lipinski definition) is 7. The molecule has 0 spiro atoms. The Kier molecular flexibility index (Phi) is 7.42. The number of aromatic nitrogens is 1. The first-order valence-corrected chi connectivity index (χ1v) is 12.5. The van der Waals surface area contributed by atoms with E-state index in [-0.39, 0.29) is 22.8 Å². The summed E-state index contributed by atoms with van der Waals surface area (Å²) in [4.78, 5) is 41.1. The molecule has 35 heavy (non-hydrogen) atoms. The van der Waals surface area contributed by atoms with Crippen LogP contribution in [-0.2, 0) is 4.79 Å². The summed E-state index contributed by atoms with van der Waals surface area (Å²) in [7, 11) is 0. The van der Waals surface area contributed by atoms with Crippen LogP contribution in [0.15, 0.2) is 71.6 Å². The number of carbonyl (C=O) groups excluding carboxylic acids is 2. The molecule has 0 fully saturated rings. The van der Waals surface area contributed by atoms with Gasteiger partial charge in [0.1, 0.15) is 0 Å². The fourth-order valence-corrected chi connectivity index (χ4v) is 5.32. The van der Waals surface area contributed by atoms with Crippen LogP contribution in [0, 0.1) is 17.0 Å². The number of benzene rings is 3. The first-order chi connectivity index (χ1) is 16.8. The third-order valence-corrected chi connectivity index (χ3v) is 7.44. The Morgan fingerprint density at radius 1 is 1.09 bits per heavy atom. The van der Waals surface area contributed by atoms with Crippen molar-refractivity contribution in [1.29, 1.82) is 0 Å². The second-order valence-electron chi connectivity index (χ2n) is 7.78. The van der Waals surface area contributed by atoms with E-state index in [4.69, 9.17) is 0 Å². The summed E-state index contributed by atoms with van der Waals surface area (Å²) in [5.74, 6) is -0.508. The molecule has 1 unspecified atom stereocenters. The lowest BCUT2D eigenvalue weighted by molar-refractivity contribution is -0.384. The predicted octanol–water partition coefficient (Wildman–Crippen LogP) is 6.27. The van der Waals surface area contributed by atoms with Crippen LogP contribution >= 0.6 is 23.1 Å². The quantitative estimate of drug-likeness (QED) is 0.165. The number of aryl methyl sites for hydroxylation is 1. The van der Waals surface area contributed by atoms with Gasteiger partial charge >= 0.3 is 0 Å². The molecule has 10 heteroatoms. The zero-order valence-electron chi connectivity index (χ0n) is 19.0. The molecule has 0 aliphatic rings. The summed E-state index contributed by atoms with van der Waals surface area (Å²) in [5.41, 5.74) is 2.79. The number of thioether (sulfide) groups is 1. The maximum Gasteiger partial charge on any atom is 0.269 e. The minimum atomic E-state index is -0.513. The van der Waals surface area contributed by atoms with Crippen LogP contribution in [0.1, 0.15) is 29.3 Å². The van der Waals surface area contributed by atoms with E-state index >= 15 is 0 Å². The molecule has 2 amide bonds. The van der Waals surface area contributed by atoms with Gasteiger partial charge in [-0.1, -0.05) is 30.4 Å². The van der Waals surface area contributed by atoms with E-state index in [2.05, 4.69) is 15.6 Å². The highest BCUT2D eigenvalue weighted by Gasteiger charge is 2.20. The summed E-state index contributed by atoms with van der Waals surface area (Å²) < 4.78 is 1.03. The van der Waals surface area contributed by atoms with Crippen molar-refractivity contribution >= 4 is 61.6 Å². The zero-order valence-corrected chi connectivity index (χ0v) is 20.6. The van der Waals surface area contributed by atoms with Crippen molar-refractivity contribution in [1.82, 2.24) is 4.98 Å². The fraction of sp³-hybridized carbons (Fsp3) is 0.160. The lowest BCUT2D eigenvalue weighted by atomic mass is 10.2. The SMILES string of the molecule is CCC(Sc1cccc(NC(=O)c2ccc([N+](=O)[O-])cc2)c1)C(=O)Nc1nc2ccc(C)cc2s1. The van der Waals surface area contributed by atoms with Gasteiger partial charge < -0.3 is 10.6 Å². The molecule has 1 heterocycles. The molecule has 0 radical (unpaired) electrons. The first-order valence-electron chi connectivity index (χ1n) is 10.8. The molecule has 0 aliphatic heterocycles. The molecule has 0 aliphatic carbocycles. The Balaban J connectivity index is 1.41. The highest BCUT2D eigenvalue weighted by Crippen LogP contribution is 2.31. The normalized spacial score (nSPS) is 11.7. The molecule has 4 rings (SSSR count). The minimum absolute atomic E-state index is 0.0789. The number of nitro groups is 1. The second kappa shape index (κ2) is 10.7. The van der Waals surface area contributed by atoms with Crippen molar-refractivity contribution in [3.8, 4) is 0 Å². The predicted molar refractivity (Wildman–Crippen MR) is 140 cm³/mol. The summed E-state index contributed by atoms with van der Waals surface area (Å²) in [5, 5.41) is 16.8. The van der Waals surface area contributed by atoms with Gasteiger partial charge in [-0.3, -0.25) is 19.7 Å². The number of carbonyl (C=O) groups is 2. The summed E-state index contributed by atoms with van der Waals surface area (Å²) in [6, 6.07) is 18.6. The van der Waals surface area contributed by atoms with Gasteiger partial charge in [-0.2, -0.15) is 0 Å². The van der Waals surface area contributed by atoms with E-state index in [9.17, 15) is 19.7 Å². The number of nitrogens with one attached hydrogen (secondary N) is 2. The monoisotopic (exact) mass is 506 g/mol. The number of nitrogens with zero attached hydrogens (tertiary/aromatic N) is 2. The third kappa shape index (κ3) is 6.03. The molecule has 3 aromatic carbocycles. The van der Waals surface area contributed by atoms with Crippen LogP contribution in [0.25, 0.3) is 10.2 Å². The van der Waals surface area contributed by atoms with E-state index in [0.717, 1.165) is 20.7 Å². The second-order valence-corrected chi connectivity index (χ2v) is 10.1. The largest absolute Gasteiger partial charge is 0.322 e. The first kappa shape index (κ1) is 24.4. The number of rotatable bonds is 8. The van der Waals surface area contributed by atoms with Crippen LogP contribution in [0.5, 0.6) is 0 Å². The van der Waals surface area contributed by atoms with Crippen molar-refractivity contribution in [2.75, 3.05) is 10.6 Å². The third-order valence-electron chi connectivity index (χ3n) is 5.15. The molecule has 0 saturated heterocycles. The lowest BCUT2D eigenvalue weighted by Gasteiger charge is -2.14. The fourth-order valence-electron chi connectivity index (χ4n) is 3.34. The Labute approximate surface area is 209 Å². The molecular weight excluding hydrogens is 484 g/mol. The summed E-state index contributed by atoms with van der Waals surface area (Å²) >= 11 is 2.85. The number of non-ortho nitro benzene ring substituents is 1. The number of fused-ring (bicyclic) bond motifs is 1. The smallest absolute Gasteiger partial charge is 0.269 e. The van der Waals surface area contributed by atoms with Crippen LogP contribution < -0.4 is 10.6 Å². The molecule has 1 aromatic heterocycles. The number of anilines is 2. The van der Waals surface area contributed by atoms with Gasteiger partial charge in [0.15, 0.2) is 5.13 Å². The standard InChI is InChI=1S/C25H22N4O4S2/c1-3-21(24(31)28-25-27-20-12-7-15(2)13-22(20)35-25)34-19-6-4-5-17(14-19)26-23(30)16-8-10-18(11-9-16)29(32)33/h4-14,21H,3H2,1-2H3,(H,26,30)(H,27,28,31). The molecular formula is C25H22N4O4S2. The van der Waals surface area contributed by atoms with E-state index in [1.807, 2.05) is 38.1 Å². The van der Waals surface area contributed by atoms with E-state index in [1.165, 1.54) is 47.4 Å². The van der Waals surface area contributed by atoms with Gasteiger partial charge in [0.25, 0.3) is 11.6 Å². The Hall–Kier alpha value is -3.76. The Morgan fingerprint density at radius 2 is 1.86 bits per heavy atom. The van der Waals surface area contributed by atoms with Crippen LogP contribution in [0.2, 0.25) is 0 Å². The Morgan fingerprint density at radius 3 is 2.57 bits per heavy atom. The van der Waals surface area contributed by atoms with E-state index < -0.39 is 4.92 Å². The van der Waals surface area contributed by atoms with Gasteiger partial charge in [0.2, 0.25) is 5.91 Å². The maximum absolute atomic E-state index is 12.9. The van der Waals surface area contributed by atoms with Crippen molar-refractivity contribution in [3.05, 3.63) is 88.0 Å². The van der Waals surface area contributed by atoms with Crippen LogP contribution in [0.4, 0.5) is 16.5 Å². The summed E-state index contributed by atoms with van der Waals surface area (Å²) in [6.45, 7) is 3.96. The molecule has 4 aromatic rings. The number of thiazole rings is 1.